The topological polar surface area (TPSA) is 29.3 Å². The number of alkyl halides is 3. The van der Waals surface area contributed by atoms with Gasteiger partial charge in [0.05, 0.1) is 0 Å². The van der Waals surface area contributed by atoms with Crippen LogP contribution in [-0.2, 0) is 0 Å². The second-order valence-electron chi connectivity index (χ2n) is 4.78. The maximum atomic E-state index is 12.8. The van der Waals surface area contributed by atoms with Gasteiger partial charge in [-0.05, 0) is 39.3 Å². The average molecular weight is 240 g/mol. The van der Waals surface area contributed by atoms with E-state index >= 15 is 0 Å². The molecule has 2 N–H and O–H groups in total. The van der Waals surface area contributed by atoms with Gasteiger partial charge in [0.2, 0.25) is 0 Å². The summed E-state index contributed by atoms with van der Waals surface area (Å²) in [5.74, 6) is 0.393. The Bertz CT molecular complexity index is 192. The molecule has 0 bridgehead atoms. The standard InChI is InChI=1S/C11H23F3N2/c1-8(2)7-9(3)16(4)10(5-6-15)11(12,13)14/h8-10H,5-7,15H2,1-4H3. The second-order valence-corrected chi connectivity index (χ2v) is 4.78. The first-order valence-electron chi connectivity index (χ1n) is 5.68. The van der Waals surface area contributed by atoms with Gasteiger partial charge in [-0.25, -0.2) is 0 Å². The highest BCUT2D eigenvalue weighted by atomic mass is 19.4. The number of nitrogens with two attached hydrogens (primary N) is 1. The van der Waals surface area contributed by atoms with Crippen molar-refractivity contribution in [1.82, 2.24) is 4.90 Å². The van der Waals surface area contributed by atoms with Gasteiger partial charge in [-0.1, -0.05) is 13.8 Å². The van der Waals surface area contributed by atoms with Crippen LogP contribution in [0.15, 0.2) is 0 Å². The number of rotatable bonds is 6. The molecule has 0 saturated carbocycles. The quantitative estimate of drug-likeness (QED) is 0.773. The van der Waals surface area contributed by atoms with Gasteiger partial charge in [0.25, 0.3) is 0 Å². The van der Waals surface area contributed by atoms with Crippen LogP contribution in [0.5, 0.6) is 0 Å². The molecule has 0 saturated heterocycles. The summed E-state index contributed by atoms with van der Waals surface area (Å²) in [6.07, 6.45) is -3.48. The van der Waals surface area contributed by atoms with E-state index in [-0.39, 0.29) is 19.0 Å². The van der Waals surface area contributed by atoms with Crippen LogP contribution in [0.3, 0.4) is 0 Å². The van der Waals surface area contributed by atoms with Crippen LogP contribution in [0, 0.1) is 5.92 Å². The van der Waals surface area contributed by atoms with Crippen LogP contribution in [0.4, 0.5) is 13.2 Å². The van der Waals surface area contributed by atoms with E-state index in [0.717, 1.165) is 6.42 Å². The van der Waals surface area contributed by atoms with Gasteiger partial charge >= 0.3 is 6.18 Å². The van der Waals surface area contributed by atoms with E-state index in [4.69, 9.17) is 5.73 Å². The molecule has 0 aliphatic heterocycles. The highest BCUT2D eigenvalue weighted by Crippen LogP contribution is 2.28. The molecule has 5 heteroatoms. The predicted octanol–water partition coefficient (Wildman–Crippen LogP) is 2.63. The third-order valence-electron chi connectivity index (χ3n) is 2.82. The molecule has 0 aliphatic carbocycles. The van der Waals surface area contributed by atoms with E-state index in [2.05, 4.69) is 0 Å². The molecule has 0 fully saturated rings. The van der Waals surface area contributed by atoms with Gasteiger partial charge in [0.15, 0.2) is 0 Å². The Morgan fingerprint density at radius 3 is 2.00 bits per heavy atom. The number of hydrogen-bond donors (Lipinski definition) is 1. The Labute approximate surface area is 96.0 Å². The number of hydrogen-bond acceptors (Lipinski definition) is 2. The molecule has 0 aromatic heterocycles. The molecule has 0 spiro atoms. The Balaban J connectivity index is 4.54. The zero-order chi connectivity index (χ0) is 12.9. The molecule has 0 heterocycles. The zero-order valence-corrected chi connectivity index (χ0v) is 10.5. The van der Waals surface area contributed by atoms with Crippen molar-refractivity contribution in [2.75, 3.05) is 13.6 Å². The summed E-state index contributed by atoms with van der Waals surface area (Å²) in [6.45, 7) is 5.91. The SMILES string of the molecule is CC(C)CC(C)N(C)C(CCN)C(F)(F)F. The van der Waals surface area contributed by atoms with Crippen molar-refractivity contribution in [3.8, 4) is 0 Å². The van der Waals surface area contributed by atoms with E-state index < -0.39 is 12.2 Å². The van der Waals surface area contributed by atoms with Crippen molar-refractivity contribution in [3.05, 3.63) is 0 Å². The fourth-order valence-electron chi connectivity index (χ4n) is 1.91. The molecular weight excluding hydrogens is 217 g/mol. The largest absolute Gasteiger partial charge is 0.404 e. The lowest BCUT2D eigenvalue weighted by Crippen LogP contribution is -2.48. The Hall–Kier alpha value is -0.290. The van der Waals surface area contributed by atoms with Crippen LogP contribution in [-0.4, -0.2) is 36.8 Å². The maximum Gasteiger partial charge on any atom is 0.404 e. The monoisotopic (exact) mass is 240 g/mol. The Morgan fingerprint density at radius 1 is 1.19 bits per heavy atom. The third-order valence-corrected chi connectivity index (χ3v) is 2.82. The summed E-state index contributed by atoms with van der Waals surface area (Å²) in [6, 6.07) is -1.51. The summed E-state index contributed by atoms with van der Waals surface area (Å²) in [7, 11) is 1.53. The number of halogens is 3. The zero-order valence-electron chi connectivity index (χ0n) is 10.5. The van der Waals surface area contributed by atoms with Crippen LogP contribution < -0.4 is 5.73 Å². The molecule has 0 aromatic rings. The summed E-state index contributed by atoms with van der Waals surface area (Å²) < 4.78 is 38.3. The number of nitrogens with zero attached hydrogens (tertiary/aromatic N) is 1. The van der Waals surface area contributed by atoms with Crippen molar-refractivity contribution in [3.63, 3.8) is 0 Å². The van der Waals surface area contributed by atoms with Crippen LogP contribution in [0.1, 0.15) is 33.6 Å². The minimum Gasteiger partial charge on any atom is -0.330 e. The third kappa shape index (κ3) is 5.16. The highest BCUT2D eigenvalue weighted by Gasteiger charge is 2.42. The molecule has 16 heavy (non-hydrogen) atoms. The smallest absolute Gasteiger partial charge is 0.330 e. The first kappa shape index (κ1) is 15.7. The van der Waals surface area contributed by atoms with Gasteiger partial charge in [-0.2, -0.15) is 13.2 Å². The van der Waals surface area contributed by atoms with Crippen molar-refractivity contribution in [1.29, 1.82) is 0 Å². The maximum absolute atomic E-state index is 12.8. The first-order valence-corrected chi connectivity index (χ1v) is 5.68. The normalized spacial score (nSPS) is 16.9. The Morgan fingerprint density at radius 2 is 1.69 bits per heavy atom. The van der Waals surface area contributed by atoms with Gasteiger partial charge in [-0.3, -0.25) is 4.90 Å². The van der Waals surface area contributed by atoms with E-state index in [9.17, 15) is 13.2 Å². The van der Waals surface area contributed by atoms with Gasteiger partial charge in [-0.15, -0.1) is 0 Å². The highest BCUT2D eigenvalue weighted by molar-refractivity contribution is 4.80. The molecule has 0 aromatic carbocycles. The Kier molecular flexibility index (Phi) is 6.33. The van der Waals surface area contributed by atoms with Gasteiger partial charge in [0, 0.05) is 6.04 Å². The van der Waals surface area contributed by atoms with Crippen LogP contribution in [0.2, 0.25) is 0 Å². The summed E-state index contributed by atoms with van der Waals surface area (Å²) in [5, 5.41) is 0. The van der Waals surface area contributed by atoms with Crippen molar-refractivity contribution < 1.29 is 13.2 Å². The minimum atomic E-state index is -4.20. The lowest BCUT2D eigenvalue weighted by molar-refractivity contribution is -0.186. The molecule has 0 radical (unpaired) electrons. The van der Waals surface area contributed by atoms with Crippen LogP contribution >= 0.6 is 0 Å². The summed E-state index contributed by atoms with van der Waals surface area (Å²) in [5.41, 5.74) is 5.24. The minimum absolute atomic E-state index is 0.0393. The fourth-order valence-corrected chi connectivity index (χ4v) is 1.91. The van der Waals surface area contributed by atoms with E-state index in [1.165, 1.54) is 11.9 Å². The summed E-state index contributed by atoms with van der Waals surface area (Å²) >= 11 is 0. The van der Waals surface area contributed by atoms with Gasteiger partial charge in [0.1, 0.15) is 6.04 Å². The molecular formula is C11H23F3N2. The molecule has 0 amide bonds. The molecule has 2 nitrogen and oxygen atoms in total. The lowest BCUT2D eigenvalue weighted by Gasteiger charge is -2.35. The first-order chi connectivity index (χ1) is 7.20. The van der Waals surface area contributed by atoms with Gasteiger partial charge < -0.3 is 5.73 Å². The lowest BCUT2D eigenvalue weighted by atomic mass is 10.0. The molecule has 98 valence electrons. The average Bonchev–Trinajstić information content (AvgIpc) is 2.10. The van der Waals surface area contributed by atoms with E-state index in [0.29, 0.717) is 5.92 Å². The molecule has 2 unspecified atom stereocenters. The van der Waals surface area contributed by atoms with Crippen molar-refractivity contribution in [2.24, 2.45) is 11.7 Å². The molecule has 0 aliphatic rings. The summed E-state index contributed by atoms with van der Waals surface area (Å²) in [4.78, 5) is 1.40. The second kappa shape index (κ2) is 6.45. The predicted molar refractivity (Wildman–Crippen MR) is 60.2 cm³/mol. The van der Waals surface area contributed by atoms with Crippen LogP contribution in [0.25, 0.3) is 0 Å². The van der Waals surface area contributed by atoms with E-state index in [1.807, 2.05) is 20.8 Å². The molecule has 2 atom stereocenters. The molecule has 0 rings (SSSR count). The fraction of sp³-hybridized carbons (Fsp3) is 1.00. The van der Waals surface area contributed by atoms with Crippen molar-refractivity contribution >= 4 is 0 Å². The van der Waals surface area contributed by atoms with Crippen molar-refractivity contribution in [2.45, 2.75) is 51.9 Å². The van der Waals surface area contributed by atoms with E-state index in [1.54, 1.807) is 0 Å².